The van der Waals surface area contributed by atoms with Crippen molar-refractivity contribution in [3.05, 3.63) is 0 Å². The van der Waals surface area contributed by atoms with E-state index < -0.39 is 18.5 Å². The maximum absolute atomic E-state index is 12.3. The Morgan fingerprint density at radius 1 is 0.786 bits per heavy atom. The van der Waals surface area contributed by atoms with Crippen LogP contribution in [0.4, 0.5) is 22.0 Å². The molecule has 0 heterocycles. The Bertz CT molecular complexity index is 154. The fourth-order valence-electron chi connectivity index (χ4n) is 0.937. The van der Waals surface area contributed by atoms with Crippen LogP contribution in [-0.4, -0.2) is 18.0 Å². The third kappa shape index (κ3) is 4.98. The lowest BCUT2D eigenvalue weighted by Crippen LogP contribution is -2.36. The van der Waals surface area contributed by atoms with Gasteiger partial charge in [0, 0.05) is 12.3 Å². The second-order valence-electron chi connectivity index (χ2n) is 3.06. The van der Waals surface area contributed by atoms with Gasteiger partial charge in [-0.3, -0.25) is 0 Å². The van der Waals surface area contributed by atoms with E-state index in [1.807, 2.05) is 0 Å². The van der Waals surface area contributed by atoms with Crippen molar-refractivity contribution < 1.29 is 22.0 Å². The lowest BCUT2D eigenvalue weighted by atomic mass is 10.1. The highest BCUT2D eigenvalue weighted by Gasteiger charge is 2.56. The van der Waals surface area contributed by atoms with Gasteiger partial charge in [0.05, 0.1) is 0 Å². The second-order valence-corrected chi connectivity index (χ2v) is 3.43. The summed E-state index contributed by atoms with van der Waals surface area (Å²) in [6, 6.07) is 0. The van der Waals surface area contributed by atoms with Crippen molar-refractivity contribution in [2.75, 3.05) is 5.88 Å². The van der Waals surface area contributed by atoms with Crippen LogP contribution in [0.3, 0.4) is 0 Å². The van der Waals surface area contributed by atoms with Crippen molar-refractivity contribution in [1.82, 2.24) is 0 Å². The first-order valence-electron chi connectivity index (χ1n) is 4.32. The maximum Gasteiger partial charge on any atom is 0.453 e. The van der Waals surface area contributed by atoms with Gasteiger partial charge in [-0.1, -0.05) is 12.8 Å². The predicted octanol–water partition coefficient (Wildman–Crippen LogP) is 4.37. The van der Waals surface area contributed by atoms with E-state index in [2.05, 4.69) is 0 Å². The first-order valence-corrected chi connectivity index (χ1v) is 4.85. The summed E-state index contributed by atoms with van der Waals surface area (Å²) in [7, 11) is 0. The monoisotopic (exact) mass is 238 g/mol. The molecule has 0 amide bonds. The van der Waals surface area contributed by atoms with E-state index >= 15 is 0 Å². The molecule has 0 spiro atoms. The van der Waals surface area contributed by atoms with E-state index in [1.54, 1.807) is 0 Å². The van der Waals surface area contributed by atoms with Gasteiger partial charge in [-0.25, -0.2) is 0 Å². The third-order valence-electron chi connectivity index (χ3n) is 1.79. The summed E-state index contributed by atoms with van der Waals surface area (Å²) < 4.78 is 59.5. The van der Waals surface area contributed by atoms with Crippen molar-refractivity contribution in [1.29, 1.82) is 0 Å². The van der Waals surface area contributed by atoms with Crippen LogP contribution in [0.15, 0.2) is 0 Å². The molecule has 0 bridgehead atoms. The van der Waals surface area contributed by atoms with Crippen LogP contribution in [0.5, 0.6) is 0 Å². The van der Waals surface area contributed by atoms with Gasteiger partial charge in [-0.2, -0.15) is 22.0 Å². The molecule has 0 radical (unpaired) electrons. The molecule has 0 aliphatic carbocycles. The van der Waals surface area contributed by atoms with Crippen molar-refractivity contribution in [3.8, 4) is 0 Å². The molecule has 0 aliphatic rings. The fraction of sp³-hybridized carbons (Fsp3) is 1.00. The molecular formula is C8H12ClF5. The van der Waals surface area contributed by atoms with Gasteiger partial charge in [0.15, 0.2) is 0 Å². The molecule has 0 rings (SSSR count). The van der Waals surface area contributed by atoms with Gasteiger partial charge in [-0.15, -0.1) is 11.6 Å². The van der Waals surface area contributed by atoms with Crippen LogP contribution in [-0.2, 0) is 0 Å². The molecular weight excluding hydrogens is 227 g/mol. The minimum atomic E-state index is -5.42. The molecule has 0 atom stereocenters. The Morgan fingerprint density at radius 3 is 1.71 bits per heavy atom. The summed E-state index contributed by atoms with van der Waals surface area (Å²) >= 11 is 5.31. The smallest absolute Gasteiger partial charge is 0.196 e. The Labute approximate surface area is 84.4 Å². The first kappa shape index (κ1) is 13.9. The molecule has 0 aromatic heterocycles. The van der Waals surface area contributed by atoms with Gasteiger partial charge in [0.25, 0.3) is 0 Å². The highest BCUT2D eigenvalue weighted by atomic mass is 35.5. The topological polar surface area (TPSA) is 0 Å². The predicted molar refractivity (Wildman–Crippen MR) is 44.8 cm³/mol. The molecule has 86 valence electrons. The van der Waals surface area contributed by atoms with E-state index in [0.29, 0.717) is 25.1 Å². The van der Waals surface area contributed by atoms with Gasteiger partial charge < -0.3 is 0 Å². The quantitative estimate of drug-likeness (QED) is 0.366. The van der Waals surface area contributed by atoms with Gasteiger partial charge >= 0.3 is 12.1 Å². The Balaban J connectivity index is 3.67. The Hall–Kier alpha value is -0.0600. The van der Waals surface area contributed by atoms with E-state index in [-0.39, 0.29) is 6.42 Å². The SMILES string of the molecule is FC(F)(F)C(F)(F)CCCCCCCl. The largest absolute Gasteiger partial charge is 0.453 e. The summed E-state index contributed by atoms with van der Waals surface area (Å²) in [5, 5.41) is 0. The number of hydrogen-bond donors (Lipinski definition) is 0. The molecule has 0 nitrogen and oxygen atoms in total. The second kappa shape index (κ2) is 5.73. The van der Waals surface area contributed by atoms with Crippen LogP contribution in [0, 0.1) is 0 Å². The molecule has 0 fully saturated rings. The summed E-state index contributed by atoms with van der Waals surface area (Å²) in [4.78, 5) is 0. The third-order valence-corrected chi connectivity index (χ3v) is 2.06. The summed E-state index contributed by atoms with van der Waals surface area (Å²) in [6.45, 7) is 0. The molecule has 0 aromatic rings. The first-order chi connectivity index (χ1) is 6.31. The number of halogens is 6. The van der Waals surface area contributed by atoms with Crippen molar-refractivity contribution >= 4 is 11.6 Å². The molecule has 14 heavy (non-hydrogen) atoms. The van der Waals surface area contributed by atoms with Crippen LogP contribution >= 0.6 is 11.6 Å². The summed E-state index contributed by atoms with van der Waals surface area (Å²) in [6.07, 6.45) is -5.06. The average molecular weight is 239 g/mol. The van der Waals surface area contributed by atoms with E-state index in [4.69, 9.17) is 11.6 Å². The van der Waals surface area contributed by atoms with Crippen LogP contribution in [0.2, 0.25) is 0 Å². The molecule has 6 heteroatoms. The zero-order chi connectivity index (χ0) is 11.2. The van der Waals surface area contributed by atoms with Crippen LogP contribution in [0.25, 0.3) is 0 Å². The maximum atomic E-state index is 12.3. The van der Waals surface area contributed by atoms with E-state index in [0.717, 1.165) is 0 Å². The highest BCUT2D eigenvalue weighted by Crippen LogP contribution is 2.39. The number of unbranched alkanes of at least 4 members (excludes halogenated alkanes) is 3. The summed E-state index contributed by atoms with van der Waals surface area (Å²) in [5.41, 5.74) is 0. The molecule has 0 saturated carbocycles. The molecule has 0 unspecified atom stereocenters. The normalized spacial score (nSPS) is 13.3. The minimum Gasteiger partial charge on any atom is -0.196 e. The Kier molecular flexibility index (Phi) is 5.71. The van der Waals surface area contributed by atoms with Gasteiger partial charge in [0.1, 0.15) is 0 Å². The minimum absolute atomic E-state index is 0.122. The fourth-order valence-corrected chi connectivity index (χ4v) is 1.13. The zero-order valence-electron chi connectivity index (χ0n) is 7.51. The van der Waals surface area contributed by atoms with Crippen molar-refractivity contribution in [2.24, 2.45) is 0 Å². The van der Waals surface area contributed by atoms with Crippen molar-refractivity contribution in [2.45, 2.75) is 44.2 Å². The lowest BCUT2D eigenvalue weighted by molar-refractivity contribution is -0.284. The molecule has 0 N–H and O–H groups in total. The molecule has 0 saturated heterocycles. The standard InChI is InChI=1S/C8H12ClF5/c9-6-4-2-1-3-5-7(10,11)8(12,13)14/h1-6H2. The van der Waals surface area contributed by atoms with E-state index in [1.165, 1.54) is 0 Å². The number of alkyl halides is 6. The van der Waals surface area contributed by atoms with Crippen molar-refractivity contribution in [3.63, 3.8) is 0 Å². The van der Waals surface area contributed by atoms with Crippen LogP contribution < -0.4 is 0 Å². The summed E-state index contributed by atoms with van der Waals surface area (Å²) in [5.74, 6) is -4.14. The highest BCUT2D eigenvalue weighted by molar-refractivity contribution is 6.17. The van der Waals surface area contributed by atoms with Gasteiger partial charge in [-0.05, 0) is 12.8 Å². The molecule has 0 aromatic carbocycles. The van der Waals surface area contributed by atoms with Crippen LogP contribution in [0.1, 0.15) is 32.1 Å². The van der Waals surface area contributed by atoms with E-state index in [9.17, 15) is 22.0 Å². The Morgan fingerprint density at radius 2 is 1.29 bits per heavy atom. The zero-order valence-corrected chi connectivity index (χ0v) is 8.27. The number of hydrogen-bond acceptors (Lipinski definition) is 0. The lowest BCUT2D eigenvalue weighted by Gasteiger charge is -2.19. The molecule has 0 aliphatic heterocycles. The van der Waals surface area contributed by atoms with Gasteiger partial charge in [0.2, 0.25) is 0 Å². The average Bonchev–Trinajstić information content (AvgIpc) is 2.02. The number of rotatable bonds is 6.